The van der Waals surface area contributed by atoms with Crippen molar-refractivity contribution in [2.75, 3.05) is 26.2 Å². The van der Waals surface area contributed by atoms with E-state index in [4.69, 9.17) is 16.3 Å². The third kappa shape index (κ3) is 4.87. The Morgan fingerprint density at radius 2 is 2.24 bits per heavy atom. The quantitative estimate of drug-likeness (QED) is 0.792. The number of nitrogens with zero attached hydrogens (tertiary/aromatic N) is 1. The Hall–Kier alpha value is -0.770. The topological polar surface area (TPSA) is 24.5 Å². The molecule has 1 fully saturated rings. The van der Waals surface area contributed by atoms with Crippen molar-refractivity contribution in [3.8, 4) is 5.75 Å². The molecule has 1 heterocycles. The lowest BCUT2D eigenvalue weighted by atomic mass is 10.1. The maximum atomic E-state index is 6.11. The van der Waals surface area contributed by atoms with Crippen LogP contribution in [0.5, 0.6) is 5.75 Å². The number of hydrogen-bond donors (Lipinski definition) is 1. The van der Waals surface area contributed by atoms with Gasteiger partial charge in [-0.2, -0.15) is 0 Å². The molecule has 3 nitrogen and oxygen atoms in total. The van der Waals surface area contributed by atoms with Gasteiger partial charge in [0.25, 0.3) is 0 Å². The van der Waals surface area contributed by atoms with Crippen molar-refractivity contribution in [1.82, 2.24) is 10.2 Å². The van der Waals surface area contributed by atoms with Crippen LogP contribution in [0, 0.1) is 0 Å². The highest BCUT2D eigenvalue weighted by Gasteiger charge is 2.22. The standard InChI is InChI=1S/C17H27ClN2O/c1-3-10-21-17-8-7-15(18)11-14(17)12-19-13-16-6-5-9-20(16)4-2/h7-8,11,16,19H,3-6,9-10,12-13H2,1-2H3/t16-/m0/s1. The summed E-state index contributed by atoms with van der Waals surface area (Å²) in [6.07, 6.45) is 3.64. The number of likely N-dealkylation sites (N-methyl/N-ethyl adjacent to an activating group) is 1. The molecule has 118 valence electrons. The Bertz CT molecular complexity index is 439. The second-order valence-electron chi connectivity index (χ2n) is 5.66. The number of likely N-dealkylation sites (tertiary alicyclic amines) is 1. The summed E-state index contributed by atoms with van der Waals surface area (Å²) in [5.41, 5.74) is 1.15. The minimum atomic E-state index is 0.675. The molecule has 0 amide bonds. The van der Waals surface area contributed by atoms with Gasteiger partial charge < -0.3 is 10.1 Å². The number of rotatable bonds is 8. The monoisotopic (exact) mass is 310 g/mol. The molecule has 0 unspecified atom stereocenters. The van der Waals surface area contributed by atoms with Crippen molar-refractivity contribution in [1.29, 1.82) is 0 Å². The number of halogens is 1. The fourth-order valence-corrected chi connectivity index (χ4v) is 3.15. The lowest BCUT2D eigenvalue weighted by Gasteiger charge is -2.23. The van der Waals surface area contributed by atoms with E-state index in [1.807, 2.05) is 18.2 Å². The minimum absolute atomic E-state index is 0.675. The smallest absolute Gasteiger partial charge is 0.123 e. The highest BCUT2D eigenvalue weighted by atomic mass is 35.5. The van der Waals surface area contributed by atoms with Gasteiger partial charge in [-0.3, -0.25) is 4.90 Å². The van der Waals surface area contributed by atoms with E-state index >= 15 is 0 Å². The first-order valence-corrected chi connectivity index (χ1v) is 8.48. The molecule has 0 radical (unpaired) electrons. The number of hydrogen-bond acceptors (Lipinski definition) is 3. The van der Waals surface area contributed by atoms with Gasteiger partial charge in [-0.25, -0.2) is 0 Å². The normalized spacial score (nSPS) is 19.1. The van der Waals surface area contributed by atoms with Gasteiger partial charge in [0.1, 0.15) is 5.75 Å². The zero-order chi connectivity index (χ0) is 15.1. The van der Waals surface area contributed by atoms with Crippen LogP contribution >= 0.6 is 11.6 Å². The van der Waals surface area contributed by atoms with Crippen molar-refractivity contribution >= 4 is 11.6 Å². The zero-order valence-corrected chi connectivity index (χ0v) is 14.0. The van der Waals surface area contributed by atoms with Crippen molar-refractivity contribution in [3.63, 3.8) is 0 Å². The molecule has 0 bridgehead atoms. The van der Waals surface area contributed by atoms with Crippen molar-refractivity contribution in [2.45, 2.75) is 45.7 Å². The highest BCUT2D eigenvalue weighted by molar-refractivity contribution is 6.30. The first-order chi connectivity index (χ1) is 10.2. The summed E-state index contributed by atoms with van der Waals surface area (Å²) in [5, 5.41) is 4.34. The molecule has 0 saturated carbocycles. The Balaban J connectivity index is 1.88. The van der Waals surface area contributed by atoms with E-state index in [0.717, 1.165) is 49.0 Å². The third-order valence-corrected chi connectivity index (χ3v) is 4.32. The molecular formula is C17H27ClN2O. The molecule has 4 heteroatoms. The van der Waals surface area contributed by atoms with Crippen LogP contribution in [0.3, 0.4) is 0 Å². The molecular weight excluding hydrogens is 284 g/mol. The summed E-state index contributed by atoms with van der Waals surface area (Å²) in [4.78, 5) is 2.56. The van der Waals surface area contributed by atoms with Crippen molar-refractivity contribution < 1.29 is 4.74 Å². The molecule has 1 saturated heterocycles. The van der Waals surface area contributed by atoms with Gasteiger partial charge in [0.15, 0.2) is 0 Å². The summed E-state index contributed by atoms with van der Waals surface area (Å²) >= 11 is 6.11. The van der Waals surface area contributed by atoms with E-state index in [-0.39, 0.29) is 0 Å². The van der Waals surface area contributed by atoms with Gasteiger partial charge in [-0.05, 0) is 50.6 Å². The number of nitrogens with one attached hydrogen (secondary N) is 1. The largest absolute Gasteiger partial charge is 0.493 e. The molecule has 0 spiro atoms. The van der Waals surface area contributed by atoms with E-state index in [0.29, 0.717) is 6.04 Å². The molecule has 1 aliphatic heterocycles. The van der Waals surface area contributed by atoms with E-state index in [9.17, 15) is 0 Å². The zero-order valence-electron chi connectivity index (χ0n) is 13.2. The Labute approximate surface area is 133 Å². The Morgan fingerprint density at radius 3 is 3.00 bits per heavy atom. The second kappa shape index (κ2) is 8.62. The summed E-state index contributed by atoms with van der Waals surface area (Å²) in [7, 11) is 0. The Kier molecular flexibility index (Phi) is 6.81. The van der Waals surface area contributed by atoms with E-state index in [2.05, 4.69) is 24.1 Å². The van der Waals surface area contributed by atoms with Crippen LogP contribution in [-0.4, -0.2) is 37.2 Å². The summed E-state index contributed by atoms with van der Waals surface area (Å²) in [5.74, 6) is 0.951. The number of benzene rings is 1. The molecule has 1 aromatic carbocycles. The number of ether oxygens (including phenoxy) is 1. The van der Waals surface area contributed by atoms with Gasteiger partial charge in [-0.1, -0.05) is 25.4 Å². The fraction of sp³-hybridized carbons (Fsp3) is 0.647. The van der Waals surface area contributed by atoms with Crippen molar-refractivity contribution in [3.05, 3.63) is 28.8 Å². The van der Waals surface area contributed by atoms with E-state index in [1.54, 1.807) is 0 Å². The van der Waals surface area contributed by atoms with Crippen LogP contribution in [0.2, 0.25) is 5.02 Å². The maximum Gasteiger partial charge on any atom is 0.123 e. The van der Waals surface area contributed by atoms with E-state index in [1.165, 1.54) is 19.4 Å². The lowest BCUT2D eigenvalue weighted by molar-refractivity contribution is 0.259. The summed E-state index contributed by atoms with van der Waals surface area (Å²) in [6, 6.07) is 6.55. The molecule has 2 rings (SSSR count). The molecule has 0 aromatic heterocycles. The molecule has 21 heavy (non-hydrogen) atoms. The first kappa shape index (κ1) is 16.6. The predicted molar refractivity (Wildman–Crippen MR) is 89.2 cm³/mol. The molecule has 1 aromatic rings. The molecule has 1 atom stereocenters. The highest BCUT2D eigenvalue weighted by Crippen LogP contribution is 2.23. The van der Waals surface area contributed by atoms with Gasteiger partial charge in [0, 0.05) is 29.7 Å². The summed E-state index contributed by atoms with van der Waals surface area (Å²) in [6.45, 7) is 9.35. The van der Waals surface area contributed by atoms with Crippen LogP contribution in [0.1, 0.15) is 38.7 Å². The third-order valence-electron chi connectivity index (χ3n) is 4.08. The molecule has 1 N–H and O–H groups in total. The first-order valence-electron chi connectivity index (χ1n) is 8.10. The average Bonchev–Trinajstić information content (AvgIpc) is 2.94. The molecule has 1 aliphatic rings. The van der Waals surface area contributed by atoms with Gasteiger partial charge in [-0.15, -0.1) is 0 Å². The molecule has 0 aliphatic carbocycles. The van der Waals surface area contributed by atoms with E-state index < -0.39 is 0 Å². The van der Waals surface area contributed by atoms with Gasteiger partial charge in [0.2, 0.25) is 0 Å². The van der Waals surface area contributed by atoms with Crippen molar-refractivity contribution in [2.24, 2.45) is 0 Å². The van der Waals surface area contributed by atoms with Crippen LogP contribution in [0.4, 0.5) is 0 Å². The van der Waals surface area contributed by atoms with Crippen LogP contribution in [0.15, 0.2) is 18.2 Å². The van der Waals surface area contributed by atoms with Crippen LogP contribution in [0.25, 0.3) is 0 Å². The van der Waals surface area contributed by atoms with Crippen LogP contribution < -0.4 is 10.1 Å². The van der Waals surface area contributed by atoms with Crippen LogP contribution in [-0.2, 0) is 6.54 Å². The Morgan fingerprint density at radius 1 is 1.38 bits per heavy atom. The average molecular weight is 311 g/mol. The maximum absolute atomic E-state index is 6.11. The van der Waals surface area contributed by atoms with Gasteiger partial charge in [0.05, 0.1) is 6.61 Å². The lowest BCUT2D eigenvalue weighted by Crippen LogP contribution is -2.37. The SMILES string of the molecule is CCCOc1ccc(Cl)cc1CNC[C@@H]1CCCN1CC. The minimum Gasteiger partial charge on any atom is -0.493 e. The summed E-state index contributed by atoms with van der Waals surface area (Å²) < 4.78 is 5.80. The fourth-order valence-electron chi connectivity index (χ4n) is 2.96. The van der Waals surface area contributed by atoms with Gasteiger partial charge >= 0.3 is 0 Å². The predicted octanol–water partition coefficient (Wildman–Crippen LogP) is 3.70. The second-order valence-corrected chi connectivity index (χ2v) is 6.09.